The summed E-state index contributed by atoms with van der Waals surface area (Å²) in [6, 6.07) is 15.0. The Morgan fingerprint density at radius 3 is 2.76 bits per heavy atom. The van der Waals surface area contributed by atoms with Crippen molar-refractivity contribution in [2.24, 2.45) is 0 Å². The maximum atomic E-state index is 6.01. The molecule has 0 spiro atoms. The van der Waals surface area contributed by atoms with Gasteiger partial charge in [0.15, 0.2) is 0 Å². The van der Waals surface area contributed by atoms with E-state index in [-0.39, 0.29) is 0 Å². The Morgan fingerprint density at radius 1 is 1.10 bits per heavy atom. The highest BCUT2D eigenvalue weighted by atomic mass is 35.5. The summed E-state index contributed by atoms with van der Waals surface area (Å²) in [5.74, 6) is 1.37. The first-order valence-corrected chi connectivity index (χ1v) is 6.80. The number of nitrogens with one attached hydrogen (secondary N) is 1. The van der Waals surface area contributed by atoms with E-state index in [9.17, 15) is 0 Å². The number of aromatic nitrogens is 1. The molecule has 3 rings (SSSR count). The van der Waals surface area contributed by atoms with Crippen LogP contribution in [-0.2, 0) is 0 Å². The molecule has 106 valence electrons. The lowest BCUT2D eigenvalue weighted by Gasteiger charge is -2.09. The van der Waals surface area contributed by atoms with Crippen molar-refractivity contribution in [1.29, 1.82) is 0 Å². The summed E-state index contributed by atoms with van der Waals surface area (Å²) in [6.07, 6.45) is 0. The largest absolute Gasteiger partial charge is 0.495 e. The molecule has 0 amide bonds. The number of pyridine rings is 1. The van der Waals surface area contributed by atoms with E-state index in [0.29, 0.717) is 10.8 Å². The molecule has 5 heteroatoms. The highest BCUT2D eigenvalue weighted by molar-refractivity contribution is 6.32. The van der Waals surface area contributed by atoms with Crippen molar-refractivity contribution in [2.45, 2.75) is 0 Å². The Hall–Kier alpha value is -2.46. The molecule has 0 atom stereocenters. The van der Waals surface area contributed by atoms with Crippen LogP contribution in [0.4, 0.5) is 17.2 Å². The molecule has 21 heavy (non-hydrogen) atoms. The smallest absolute Gasteiger partial charge is 0.139 e. The number of methoxy groups -OCH3 is 1. The SMILES string of the molecule is COc1cc(Nc2ccc3cc(N)ccc3n2)ccc1Cl. The van der Waals surface area contributed by atoms with E-state index >= 15 is 0 Å². The predicted molar refractivity (Wildman–Crippen MR) is 87.4 cm³/mol. The third-order valence-electron chi connectivity index (χ3n) is 3.14. The Morgan fingerprint density at radius 2 is 1.95 bits per heavy atom. The average Bonchev–Trinajstić information content (AvgIpc) is 2.49. The second-order valence-corrected chi connectivity index (χ2v) is 5.03. The Kier molecular flexibility index (Phi) is 3.54. The number of nitrogens with two attached hydrogens (primary N) is 1. The van der Waals surface area contributed by atoms with Gasteiger partial charge in [0.05, 0.1) is 17.6 Å². The Bertz CT molecular complexity index is 805. The van der Waals surface area contributed by atoms with Crippen molar-refractivity contribution in [3.8, 4) is 5.75 Å². The fraction of sp³-hybridized carbons (Fsp3) is 0.0625. The zero-order chi connectivity index (χ0) is 14.8. The van der Waals surface area contributed by atoms with Crippen molar-refractivity contribution in [1.82, 2.24) is 4.98 Å². The quantitative estimate of drug-likeness (QED) is 0.711. The summed E-state index contributed by atoms with van der Waals surface area (Å²) < 4.78 is 5.20. The van der Waals surface area contributed by atoms with E-state index in [1.54, 1.807) is 13.2 Å². The van der Waals surface area contributed by atoms with Gasteiger partial charge in [-0.05, 0) is 42.5 Å². The van der Waals surface area contributed by atoms with E-state index in [4.69, 9.17) is 22.1 Å². The van der Waals surface area contributed by atoms with Gasteiger partial charge in [0.1, 0.15) is 11.6 Å². The van der Waals surface area contributed by atoms with Gasteiger partial charge in [-0.3, -0.25) is 0 Å². The minimum atomic E-state index is 0.574. The molecule has 3 N–H and O–H groups in total. The topological polar surface area (TPSA) is 60.2 Å². The molecule has 2 aromatic carbocycles. The Labute approximate surface area is 127 Å². The van der Waals surface area contributed by atoms with Crippen LogP contribution in [0.2, 0.25) is 5.02 Å². The minimum absolute atomic E-state index is 0.574. The number of ether oxygens (including phenoxy) is 1. The molecule has 0 fully saturated rings. The monoisotopic (exact) mass is 299 g/mol. The first kappa shape index (κ1) is 13.5. The normalized spacial score (nSPS) is 10.6. The summed E-state index contributed by atoms with van der Waals surface area (Å²) in [7, 11) is 1.59. The van der Waals surface area contributed by atoms with Crippen molar-refractivity contribution < 1.29 is 4.74 Å². The summed E-state index contributed by atoms with van der Waals surface area (Å²) in [4.78, 5) is 4.55. The van der Waals surface area contributed by atoms with Crippen LogP contribution in [0.15, 0.2) is 48.5 Å². The Balaban J connectivity index is 1.92. The standard InChI is InChI=1S/C16H14ClN3O/c1-21-15-9-12(4-5-13(15)17)19-16-7-2-10-8-11(18)3-6-14(10)20-16/h2-9H,18H2,1H3,(H,19,20). The molecule has 0 aliphatic rings. The third-order valence-corrected chi connectivity index (χ3v) is 3.45. The lowest BCUT2D eigenvalue weighted by atomic mass is 10.2. The number of halogens is 1. The van der Waals surface area contributed by atoms with Crippen LogP contribution in [0, 0.1) is 0 Å². The number of anilines is 3. The third kappa shape index (κ3) is 2.85. The molecule has 0 saturated carbocycles. The number of nitrogen functional groups attached to an aromatic ring is 1. The van der Waals surface area contributed by atoms with Crippen molar-refractivity contribution in [2.75, 3.05) is 18.2 Å². The zero-order valence-corrected chi connectivity index (χ0v) is 12.2. The van der Waals surface area contributed by atoms with Gasteiger partial charge in [0.25, 0.3) is 0 Å². The molecular formula is C16H14ClN3O. The van der Waals surface area contributed by atoms with Crippen LogP contribution in [0.25, 0.3) is 10.9 Å². The van der Waals surface area contributed by atoms with Crippen LogP contribution in [0.1, 0.15) is 0 Å². The summed E-state index contributed by atoms with van der Waals surface area (Å²) in [6.45, 7) is 0. The maximum Gasteiger partial charge on any atom is 0.139 e. The van der Waals surface area contributed by atoms with Crippen LogP contribution >= 0.6 is 11.6 Å². The molecule has 0 aliphatic heterocycles. The summed E-state index contributed by atoms with van der Waals surface area (Å²) in [5, 5.41) is 4.81. The molecule has 0 saturated heterocycles. The van der Waals surface area contributed by atoms with Gasteiger partial charge >= 0.3 is 0 Å². The number of nitrogens with zero attached hydrogens (tertiary/aromatic N) is 1. The van der Waals surface area contributed by atoms with Crippen molar-refractivity contribution in [3.63, 3.8) is 0 Å². The molecular weight excluding hydrogens is 286 g/mol. The van der Waals surface area contributed by atoms with Gasteiger partial charge in [-0.25, -0.2) is 4.98 Å². The van der Waals surface area contributed by atoms with E-state index in [2.05, 4.69) is 10.3 Å². The lowest BCUT2D eigenvalue weighted by Crippen LogP contribution is -1.95. The molecule has 0 radical (unpaired) electrons. The van der Waals surface area contributed by atoms with Gasteiger partial charge in [-0.1, -0.05) is 11.6 Å². The average molecular weight is 300 g/mol. The summed E-state index contributed by atoms with van der Waals surface area (Å²) in [5.41, 5.74) is 8.24. The highest BCUT2D eigenvalue weighted by Gasteiger charge is 2.04. The van der Waals surface area contributed by atoms with E-state index in [1.165, 1.54) is 0 Å². The number of rotatable bonds is 3. The molecule has 0 bridgehead atoms. The van der Waals surface area contributed by atoms with E-state index in [1.807, 2.05) is 42.5 Å². The molecule has 0 aliphatic carbocycles. The number of benzene rings is 2. The fourth-order valence-corrected chi connectivity index (χ4v) is 2.29. The predicted octanol–water partition coefficient (Wildman–Crippen LogP) is 4.22. The fourth-order valence-electron chi connectivity index (χ4n) is 2.10. The number of hydrogen-bond donors (Lipinski definition) is 2. The highest BCUT2D eigenvalue weighted by Crippen LogP contribution is 2.29. The minimum Gasteiger partial charge on any atom is -0.495 e. The second kappa shape index (κ2) is 5.50. The van der Waals surface area contributed by atoms with Crippen LogP contribution in [0.3, 0.4) is 0 Å². The lowest BCUT2D eigenvalue weighted by molar-refractivity contribution is 0.415. The molecule has 4 nitrogen and oxygen atoms in total. The number of hydrogen-bond acceptors (Lipinski definition) is 4. The molecule has 1 heterocycles. The molecule has 1 aromatic heterocycles. The summed E-state index contributed by atoms with van der Waals surface area (Å²) >= 11 is 6.01. The molecule has 0 unspecified atom stereocenters. The van der Waals surface area contributed by atoms with Gasteiger partial charge in [0.2, 0.25) is 0 Å². The van der Waals surface area contributed by atoms with Crippen molar-refractivity contribution in [3.05, 3.63) is 53.6 Å². The first-order valence-electron chi connectivity index (χ1n) is 6.42. The zero-order valence-electron chi connectivity index (χ0n) is 11.4. The van der Waals surface area contributed by atoms with Gasteiger partial charge in [0, 0.05) is 22.8 Å². The van der Waals surface area contributed by atoms with Crippen LogP contribution in [-0.4, -0.2) is 12.1 Å². The van der Waals surface area contributed by atoms with Gasteiger partial charge < -0.3 is 15.8 Å². The second-order valence-electron chi connectivity index (χ2n) is 4.62. The van der Waals surface area contributed by atoms with Gasteiger partial charge in [-0.2, -0.15) is 0 Å². The van der Waals surface area contributed by atoms with Crippen molar-refractivity contribution >= 4 is 39.7 Å². The van der Waals surface area contributed by atoms with Crippen LogP contribution < -0.4 is 15.8 Å². The van der Waals surface area contributed by atoms with E-state index < -0.39 is 0 Å². The van der Waals surface area contributed by atoms with Gasteiger partial charge in [-0.15, -0.1) is 0 Å². The number of fused-ring (bicyclic) bond motifs is 1. The van der Waals surface area contributed by atoms with Crippen LogP contribution in [0.5, 0.6) is 5.75 Å². The molecule has 3 aromatic rings. The first-order chi connectivity index (χ1) is 10.2. The van der Waals surface area contributed by atoms with E-state index in [0.717, 1.165) is 28.1 Å². The maximum absolute atomic E-state index is 6.01.